The Kier molecular flexibility index (Phi) is 4.51. The van der Waals surface area contributed by atoms with Crippen molar-refractivity contribution in [1.29, 1.82) is 0 Å². The number of fused-ring (bicyclic) bond motifs is 1. The molecule has 0 N–H and O–H groups in total. The third kappa shape index (κ3) is 3.11. The minimum absolute atomic E-state index is 0.0954. The van der Waals surface area contributed by atoms with Gasteiger partial charge in [0.05, 0.1) is 12.2 Å². The molecular formula is C20H23NO. The van der Waals surface area contributed by atoms with E-state index in [0.29, 0.717) is 6.54 Å². The summed E-state index contributed by atoms with van der Waals surface area (Å²) in [7, 11) is 0. The minimum Gasteiger partial charge on any atom is -0.307 e. The van der Waals surface area contributed by atoms with E-state index in [0.717, 1.165) is 22.4 Å². The van der Waals surface area contributed by atoms with Crippen LogP contribution < -0.4 is 4.90 Å². The lowest BCUT2D eigenvalue weighted by Gasteiger charge is -2.32. The fraction of sp³-hybridized carbons (Fsp3) is 0.250. The van der Waals surface area contributed by atoms with Gasteiger partial charge in [0.25, 0.3) is 0 Å². The van der Waals surface area contributed by atoms with Gasteiger partial charge in [-0.1, -0.05) is 76.4 Å². The summed E-state index contributed by atoms with van der Waals surface area (Å²) in [5, 5.41) is 0. The number of amides is 1. The highest BCUT2D eigenvalue weighted by Crippen LogP contribution is 2.30. The standard InChI is InChI=1S/C20H23NO/c1-6-15-12-13-17-10-8-9-11-18(17)21(14-16(15)7-2)19(22)20(3,4)5/h6-13H,1-2,14H2,3-5H3/b13-12-,16-15-. The maximum Gasteiger partial charge on any atom is 0.232 e. The number of rotatable bonds is 2. The van der Waals surface area contributed by atoms with Crippen LogP contribution in [-0.2, 0) is 4.79 Å². The molecule has 2 rings (SSSR count). The number of carbonyl (C=O) groups excluding carboxylic acids is 1. The van der Waals surface area contributed by atoms with E-state index in [2.05, 4.69) is 13.2 Å². The highest BCUT2D eigenvalue weighted by molar-refractivity contribution is 5.99. The lowest BCUT2D eigenvalue weighted by molar-refractivity contribution is -0.125. The number of para-hydroxylation sites is 1. The van der Waals surface area contributed by atoms with Gasteiger partial charge >= 0.3 is 0 Å². The molecule has 1 aliphatic rings. The molecule has 0 saturated carbocycles. The lowest BCUT2D eigenvalue weighted by atomic mass is 9.92. The molecule has 0 fully saturated rings. The molecule has 2 heteroatoms. The van der Waals surface area contributed by atoms with Crippen molar-refractivity contribution < 1.29 is 4.79 Å². The summed E-state index contributed by atoms with van der Waals surface area (Å²) >= 11 is 0. The first-order valence-electron chi connectivity index (χ1n) is 7.45. The molecule has 0 aliphatic carbocycles. The Hall–Kier alpha value is -2.35. The fourth-order valence-electron chi connectivity index (χ4n) is 2.48. The van der Waals surface area contributed by atoms with Gasteiger partial charge < -0.3 is 4.90 Å². The average molecular weight is 293 g/mol. The zero-order valence-corrected chi connectivity index (χ0v) is 13.6. The molecule has 0 atom stereocenters. The Bertz CT molecular complexity index is 671. The normalized spacial score (nSPS) is 19.7. The summed E-state index contributed by atoms with van der Waals surface area (Å²) in [4.78, 5) is 14.8. The predicted octanol–water partition coefficient (Wildman–Crippen LogP) is 4.76. The summed E-state index contributed by atoms with van der Waals surface area (Å²) in [5.41, 5.74) is 3.51. The minimum atomic E-state index is -0.448. The number of hydrogen-bond donors (Lipinski definition) is 0. The third-order valence-corrected chi connectivity index (χ3v) is 3.72. The second kappa shape index (κ2) is 6.18. The summed E-state index contributed by atoms with van der Waals surface area (Å²) in [6, 6.07) is 7.95. The van der Waals surface area contributed by atoms with Crippen molar-refractivity contribution in [3.63, 3.8) is 0 Å². The SMILES string of the molecule is C=CC1=C(\C=C)CN(C(=O)C(C)(C)C)c2ccccc2/C=C\1. The van der Waals surface area contributed by atoms with Gasteiger partial charge in [0.1, 0.15) is 0 Å². The Labute approximate surface area is 133 Å². The largest absolute Gasteiger partial charge is 0.307 e. The van der Waals surface area contributed by atoms with Gasteiger partial charge in [-0.25, -0.2) is 0 Å². The number of hydrogen-bond acceptors (Lipinski definition) is 1. The summed E-state index contributed by atoms with van der Waals surface area (Å²) < 4.78 is 0. The third-order valence-electron chi connectivity index (χ3n) is 3.72. The van der Waals surface area contributed by atoms with Crippen LogP contribution in [0.4, 0.5) is 5.69 Å². The Morgan fingerprint density at radius 2 is 1.82 bits per heavy atom. The summed E-state index contributed by atoms with van der Waals surface area (Å²) in [6.45, 7) is 14.1. The van der Waals surface area contributed by atoms with E-state index in [1.54, 1.807) is 12.2 Å². The van der Waals surface area contributed by atoms with Crippen molar-refractivity contribution in [3.8, 4) is 0 Å². The smallest absolute Gasteiger partial charge is 0.232 e. The van der Waals surface area contributed by atoms with E-state index in [1.807, 2.05) is 62.1 Å². The van der Waals surface area contributed by atoms with Crippen LogP contribution in [0.1, 0.15) is 26.3 Å². The molecule has 0 spiro atoms. The maximum atomic E-state index is 12.9. The molecule has 1 aromatic carbocycles. The summed E-state index contributed by atoms with van der Waals surface area (Å²) in [6.07, 6.45) is 7.67. The average Bonchev–Trinajstić information content (AvgIpc) is 2.47. The first kappa shape index (κ1) is 16.0. The van der Waals surface area contributed by atoms with Crippen molar-refractivity contribution in [1.82, 2.24) is 0 Å². The molecule has 22 heavy (non-hydrogen) atoms. The van der Waals surface area contributed by atoms with Crippen molar-refractivity contribution in [2.75, 3.05) is 11.4 Å². The lowest BCUT2D eigenvalue weighted by Crippen LogP contribution is -2.41. The quantitative estimate of drug-likeness (QED) is 0.769. The van der Waals surface area contributed by atoms with Gasteiger partial charge in [0.15, 0.2) is 0 Å². The van der Waals surface area contributed by atoms with Crippen molar-refractivity contribution in [3.05, 3.63) is 72.4 Å². The molecule has 0 saturated heterocycles. The second-order valence-electron chi connectivity index (χ2n) is 6.42. The molecule has 0 unspecified atom stereocenters. The van der Waals surface area contributed by atoms with Crippen LogP contribution >= 0.6 is 0 Å². The van der Waals surface area contributed by atoms with Crippen LogP contribution in [0.3, 0.4) is 0 Å². The van der Waals surface area contributed by atoms with Gasteiger partial charge in [0, 0.05) is 5.41 Å². The van der Waals surface area contributed by atoms with E-state index in [4.69, 9.17) is 0 Å². The topological polar surface area (TPSA) is 20.3 Å². The molecule has 0 radical (unpaired) electrons. The van der Waals surface area contributed by atoms with Crippen LogP contribution in [0.5, 0.6) is 0 Å². The highest BCUT2D eigenvalue weighted by Gasteiger charge is 2.30. The highest BCUT2D eigenvalue weighted by atomic mass is 16.2. The molecule has 1 heterocycles. The molecule has 0 bridgehead atoms. The van der Waals surface area contributed by atoms with Crippen molar-refractivity contribution in [2.24, 2.45) is 5.41 Å². The predicted molar refractivity (Wildman–Crippen MR) is 94.7 cm³/mol. The number of benzene rings is 1. The van der Waals surface area contributed by atoms with Gasteiger partial charge in [-0.05, 0) is 22.8 Å². The van der Waals surface area contributed by atoms with Crippen LogP contribution in [0.2, 0.25) is 0 Å². The van der Waals surface area contributed by atoms with Crippen molar-refractivity contribution >= 4 is 17.7 Å². The van der Waals surface area contributed by atoms with E-state index in [9.17, 15) is 4.79 Å². The molecule has 2 nitrogen and oxygen atoms in total. The molecule has 1 aliphatic heterocycles. The molecule has 1 amide bonds. The van der Waals surface area contributed by atoms with Gasteiger partial charge in [-0.15, -0.1) is 0 Å². The Balaban J connectivity index is 2.64. The van der Waals surface area contributed by atoms with E-state index in [-0.39, 0.29) is 5.91 Å². The maximum absolute atomic E-state index is 12.9. The molecule has 0 aromatic heterocycles. The van der Waals surface area contributed by atoms with Gasteiger partial charge in [-0.3, -0.25) is 4.79 Å². The monoisotopic (exact) mass is 293 g/mol. The molecule has 114 valence electrons. The zero-order chi connectivity index (χ0) is 16.3. The van der Waals surface area contributed by atoms with Gasteiger partial charge in [-0.2, -0.15) is 0 Å². The summed E-state index contributed by atoms with van der Waals surface area (Å²) in [5.74, 6) is 0.0954. The number of nitrogens with zero attached hydrogens (tertiary/aromatic N) is 1. The van der Waals surface area contributed by atoms with E-state index >= 15 is 0 Å². The Morgan fingerprint density at radius 3 is 2.41 bits per heavy atom. The van der Waals surface area contributed by atoms with Crippen LogP contribution in [0, 0.1) is 5.41 Å². The number of carbonyl (C=O) groups is 1. The van der Waals surface area contributed by atoms with Crippen LogP contribution in [-0.4, -0.2) is 12.5 Å². The zero-order valence-electron chi connectivity index (χ0n) is 13.6. The Morgan fingerprint density at radius 1 is 1.14 bits per heavy atom. The van der Waals surface area contributed by atoms with Crippen molar-refractivity contribution in [2.45, 2.75) is 20.8 Å². The fourth-order valence-corrected chi connectivity index (χ4v) is 2.48. The van der Waals surface area contributed by atoms with Crippen LogP contribution in [0.25, 0.3) is 6.08 Å². The molecule has 1 aromatic rings. The molecular weight excluding hydrogens is 270 g/mol. The van der Waals surface area contributed by atoms with E-state index < -0.39 is 5.41 Å². The van der Waals surface area contributed by atoms with Crippen LogP contribution in [0.15, 0.2) is 66.8 Å². The first-order chi connectivity index (χ1) is 10.4. The van der Waals surface area contributed by atoms with Gasteiger partial charge in [0.2, 0.25) is 5.91 Å². The number of allylic oxidation sites excluding steroid dienone is 3. The number of anilines is 1. The van der Waals surface area contributed by atoms with E-state index in [1.165, 1.54) is 0 Å². The second-order valence-corrected chi connectivity index (χ2v) is 6.42. The first-order valence-corrected chi connectivity index (χ1v) is 7.45.